The molecular formula is C18H15N5O4. The van der Waals surface area contributed by atoms with Crippen molar-refractivity contribution in [2.45, 2.75) is 12.5 Å². The number of carbonyl (C=O) groups is 2. The van der Waals surface area contributed by atoms with Gasteiger partial charge in [-0.3, -0.25) is 10.1 Å². The van der Waals surface area contributed by atoms with Crippen molar-refractivity contribution in [3.63, 3.8) is 0 Å². The third kappa shape index (κ3) is 3.34. The number of tetrazole rings is 1. The van der Waals surface area contributed by atoms with Gasteiger partial charge in [0, 0.05) is 5.92 Å². The molecule has 0 bridgehead atoms. The van der Waals surface area contributed by atoms with E-state index in [4.69, 9.17) is 9.84 Å². The van der Waals surface area contributed by atoms with Gasteiger partial charge in [-0.2, -0.15) is 4.80 Å². The molecule has 1 aromatic heterocycles. The topological polar surface area (TPSA) is 119 Å². The van der Waals surface area contributed by atoms with Gasteiger partial charge < -0.3 is 9.84 Å². The van der Waals surface area contributed by atoms with Crippen LogP contribution >= 0.6 is 0 Å². The number of aliphatic carboxylic acids is 1. The van der Waals surface area contributed by atoms with Gasteiger partial charge in [0.25, 0.3) is 5.95 Å². The van der Waals surface area contributed by atoms with Crippen LogP contribution in [0.25, 0.3) is 11.1 Å². The van der Waals surface area contributed by atoms with Crippen molar-refractivity contribution in [1.82, 2.24) is 20.2 Å². The maximum absolute atomic E-state index is 12.1. The average Bonchev–Trinajstić information content (AvgIpc) is 3.21. The van der Waals surface area contributed by atoms with E-state index < -0.39 is 18.6 Å². The van der Waals surface area contributed by atoms with Crippen LogP contribution in [0.15, 0.2) is 48.5 Å². The van der Waals surface area contributed by atoms with Gasteiger partial charge in [-0.05, 0) is 27.5 Å². The molecule has 0 unspecified atom stereocenters. The first-order chi connectivity index (χ1) is 13.1. The zero-order valence-electron chi connectivity index (χ0n) is 14.1. The van der Waals surface area contributed by atoms with Gasteiger partial charge >= 0.3 is 12.1 Å². The van der Waals surface area contributed by atoms with Crippen molar-refractivity contribution >= 4 is 18.0 Å². The predicted octanol–water partition coefficient (Wildman–Crippen LogP) is 2.12. The molecule has 0 spiro atoms. The number of carbonyl (C=O) groups excluding carboxylic acids is 1. The van der Waals surface area contributed by atoms with Crippen molar-refractivity contribution in [2.24, 2.45) is 0 Å². The maximum atomic E-state index is 12.1. The summed E-state index contributed by atoms with van der Waals surface area (Å²) in [7, 11) is 0. The second-order valence-corrected chi connectivity index (χ2v) is 5.99. The highest BCUT2D eigenvalue weighted by molar-refractivity contribution is 5.83. The molecule has 1 amide bonds. The smallest absolute Gasteiger partial charge is 0.414 e. The summed E-state index contributed by atoms with van der Waals surface area (Å²) in [4.78, 5) is 23.5. The fourth-order valence-corrected chi connectivity index (χ4v) is 3.21. The van der Waals surface area contributed by atoms with Crippen LogP contribution in [0, 0.1) is 0 Å². The highest BCUT2D eigenvalue weighted by atomic mass is 16.5. The fraction of sp³-hybridized carbons (Fsp3) is 0.167. The van der Waals surface area contributed by atoms with Gasteiger partial charge in [-0.1, -0.05) is 53.6 Å². The molecule has 0 fully saturated rings. The Kier molecular flexibility index (Phi) is 4.25. The Morgan fingerprint density at radius 1 is 1.07 bits per heavy atom. The minimum atomic E-state index is -1.11. The summed E-state index contributed by atoms with van der Waals surface area (Å²) in [6.07, 6.45) is -0.730. The molecule has 136 valence electrons. The lowest BCUT2D eigenvalue weighted by atomic mass is 9.98. The number of carboxylic acids is 1. The Morgan fingerprint density at radius 3 is 2.33 bits per heavy atom. The van der Waals surface area contributed by atoms with Crippen LogP contribution in [0.1, 0.15) is 17.0 Å². The SMILES string of the molecule is O=C(O)Cn1nnc(NC(=O)OCC2c3ccccc3-c3ccccc32)n1. The van der Waals surface area contributed by atoms with Crippen LogP contribution in [-0.2, 0) is 16.1 Å². The Bertz CT molecular complexity index is 971. The largest absolute Gasteiger partial charge is 0.480 e. The lowest BCUT2D eigenvalue weighted by Crippen LogP contribution is -2.19. The van der Waals surface area contributed by atoms with E-state index in [1.165, 1.54) is 0 Å². The van der Waals surface area contributed by atoms with Crippen LogP contribution in [-0.4, -0.2) is 44.0 Å². The first-order valence-electron chi connectivity index (χ1n) is 8.23. The zero-order valence-corrected chi connectivity index (χ0v) is 14.1. The van der Waals surface area contributed by atoms with Crippen LogP contribution in [0.5, 0.6) is 0 Å². The van der Waals surface area contributed by atoms with Gasteiger partial charge in [0.2, 0.25) is 0 Å². The minimum absolute atomic E-state index is 0.0567. The number of amides is 1. The molecule has 0 radical (unpaired) electrons. The highest BCUT2D eigenvalue weighted by Gasteiger charge is 2.29. The fourth-order valence-electron chi connectivity index (χ4n) is 3.21. The van der Waals surface area contributed by atoms with Crippen LogP contribution in [0.2, 0.25) is 0 Å². The number of hydrogen-bond donors (Lipinski definition) is 2. The summed E-state index contributed by atoms with van der Waals surface area (Å²) >= 11 is 0. The van der Waals surface area contributed by atoms with E-state index in [1.54, 1.807) is 0 Å². The Labute approximate surface area is 153 Å². The predicted molar refractivity (Wildman–Crippen MR) is 94.1 cm³/mol. The van der Waals surface area contributed by atoms with Crippen molar-refractivity contribution in [3.05, 3.63) is 59.7 Å². The number of nitrogens with one attached hydrogen (secondary N) is 1. The standard InChI is InChI=1S/C18H15N5O4/c24-16(25)9-23-21-17(20-22-23)19-18(26)27-10-15-13-7-3-1-5-11(13)12-6-2-4-8-14(12)15/h1-8,15H,9-10H2,(H,24,25)(H,19,21,26). The lowest BCUT2D eigenvalue weighted by Gasteiger charge is -2.13. The van der Waals surface area contributed by atoms with Crippen LogP contribution in [0.4, 0.5) is 10.7 Å². The number of benzene rings is 2. The van der Waals surface area contributed by atoms with Gasteiger partial charge in [0.15, 0.2) is 6.54 Å². The first-order valence-corrected chi connectivity index (χ1v) is 8.23. The van der Waals surface area contributed by atoms with E-state index >= 15 is 0 Å². The number of rotatable bonds is 5. The number of hydrogen-bond acceptors (Lipinski definition) is 6. The van der Waals surface area contributed by atoms with E-state index in [2.05, 4.69) is 32.9 Å². The van der Waals surface area contributed by atoms with Crippen LogP contribution < -0.4 is 5.32 Å². The molecule has 0 aliphatic heterocycles. The summed E-state index contributed by atoms with van der Waals surface area (Å²) in [6.45, 7) is -0.289. The molecule has 9 nitrogen and oxygen atoms in total. The van der Waals surface area contributed by atoms with E-state index in [9.17, 15) is 9.59 Å². The second-order valence-electron chi connectivity index (χ2n) is 5.99. The van der Waals surface area contributed by atoms with Crippen molar-refractivity contribution < 1.29 is 19.4 Å². The number of nitrogens with zero attached hydrogens (tertiary/aromatic N) is 4. The number of anilines is 1. The maximum Gasteiger partial charge on any atom is 0.414 e. The second kappa shape index (κ2) is 6.87. The van der Waals surface area contributed by atoms with Crippen molar-refractivity contribution in [3.8, 4) is 11.1 Å². The molecule has 0 atom stereocenters. The molecule has 3 aromatic rings. The zero-order chi connectivity index (χ0) is 18.8. The molecule has 2 N–H and O–H groups in total. The number of fused-ring (bicyclic) bond motifs is 3. The third-order valence-corrected chi connectivity index (χ3v) is 4.29. The van der Waals surface area contributed by atoms with Crippen molar-refractivity contribution in [2.75, 3.05) is 11.9 Å². The molecule has 27 heavy (non-hydrogen) atoms. The van der Waals surface area contributed by atoms with Gasteiger partial charge in [-0.25, -0.2) is 4.79 Å². The van der Waals surface area contributed by atoms with Crippen molar-refractivity contribution in [1.29, 1.82) is 0 Å². The normalized spacial score (nSPS) is 12.3. The molecular weight excluding hydrogens is 350 g/mol. The lowest BCUT2D eigenvalue weighted by molar-refractivity contribution is -0.138. The quantitative estimate of drug-likeness (QED) is 0.710. The number of carboxylic acid groups (broad SMARTS) is 1. The Balaban J connectivity index is 1.43. The minimum Gasteiger partial charge on any atom is -0.480 e. The summed E-state index contributed by atoms with van der Waals surface area (Å²) in [5.74, 6) is -1.28. The van der Waals surface area contributed by atoms with Gasteiger partial charge in [-0.15, -0.1) is 5.10 Å². The molecule has 4 rings (SSSR count). The highest BCUT2D eigenvalue weighted by Crippen LogP contribution is 2.44. The number of ether oxygens (including phenoxy) is 1. The molecule has 9 heteroatoms. The molecule has 2 aromatic carbocycles. The Morgan fingerprint density at radius 2 is 1.70 bits per heavy atom. The third-order valence-electron chi connectivity index (χ3n) is 4.29. The summed E-state index contributed by atoms with van der Waals surface area (Å²) in [6, 6.07) is 16.1. The summed E-state index contributed by atoms with van der Waals surface area (Å²) in [5, 5.41) is 21.9. The van der Waals surface area contributed by atoms with E-state index in [0.29, 0.717) is 0 Å². The van der Waals surface area contributed by atoms with E-state index in [0.717, 1.165) is 27.1 Å². The average molecular weight is 365 g/mol. The van der Waals surface area contributed by atoms with Gasteiger partial charge in [0.1, 0.15) is 6.61 Å². The molecule has 0 saturated heterocycles. The Hall–Kier alpha value is -3.75. The number of aromatic nitrogens is 4. The molecule has 1 heterocycles. The summed E-state index contributed by atoms with van der Waals surface area (Å²) < 4.78 is 5.35. The van der Waals surface area contributed by atoms with Crippen LogP contribution in [0.3, 0.4) is 0 Å². The van der Waals surface area contributed by atoms with E-state index in [1.807, 2.05) is 36.4 Å². The first kappa shape index (κ1) is 16.7. The van der Waals surface area contributed by atoms with E-state index in [-0.39, 0.29) is 18.5 Å². The van der Waals surface area contributed by atoms with Gasteiger partial charge in [0.05, 0.1) is 0 Å². The summed E-state index contributed by atoms with van der Waals surface area (Å²) in [5.41, 5.74) is 4.50. The monoisotopic (exact) mass is 365 g/mol. The molecule has 1 aliphatic rings. The molecule has 0 saturated carbocycles. The molecule has 1 aliphatic carbocycles.